The molecule has 3 N–H and O–H groups in total. The van der Waals surface area contributed by atoms with Crippen LogP contribution < -0.4 is 0 Å². The first-order valence-corrected chi connectivity index (χ1v) is 6.72. The number of aliphatic hydroxyl groups excluding tert-OH is 3. The number of hydrogen-bond donors (Lipinski definition) is 3. The van der Waals surface area contributed by atoms with E-state index >= 15 is 0 Å². The number of ether oxygens (including phenoxy) is 3. The van der Waals surface area contributed by atoms with E-state index in [4.69, 9.17) is 36.0 Å². The summed E-state index contributed by atoms with van der Waals surface area (Å²) < 4.78 is 14.6. The summed E-state index contributed by atoms with van der Waals surface area (Å²) in [5.41, 5.74) is -2.07. The van der Waals surface area contributed by atoms with Crippen LogP contribution >= 0.6 is 0 Å². The zero-order chi connectivity index (χ0) is 17.9. The van der Waals surface area contributed by atoms with Crippen LogP contribution in [0.25, 0.3) is 0 Å². The fourth-order valence-electron chi connectivity index (χ4n) is 0.899. The van der Waals surface area contributed by atoms with Crippen molar-refractivity contribution in [3.8, 4) is 24.2 Å². The van der Waals surface area contributed by atoms with Crippen LogP contribution in [0.4, 0.5) is 0 Å². The molecule has 0 saturated heterocycles. The van der Waals surface area contributed by atoms with Gasteiger partial charge in [-0.1, -0.05) is 62.3 Å². The van der Waals surface area contributed by atoms with Crippen molar-refractivity contribution in [1.29, 1.82) is 0 Å². The van der Waals surface area contributed by atoms with Crippen molar-refractivity contribution in [1.82, 2.24) is 0 Å². The molecule has 0 unspecified atom stereocenters. The summed E-state index contributed by atoms with van der Waals surface area (Å²) in [6, 6.07) is 0. The molecule has 0 fully saturated rings. The van der Waals surface area contributed by atoms with Crippen molar-refractivity contribution >= 4 is 0 Å². The van der Waals surface area contributed by atoms with Crippen LogP contribution in [0.15, 0.2) is 0 Å². The monoisotopic (exact) mass is 412 g/mol. The molecule has 0 aliphatic heterocycles. The Labute approximate surface area is 177 Å². The quantitative estimate of drug-likeness (QED) is 0.434. The van der Waals surface area contributed by atoms with Gasteiger partial charge in [0.1, 0.15) is 37.2 Å². The van der Waals surface area contributed by atoms with Crippen LogP contribution in [0.2, 0.25) is 0 Å². The van der Waals surface area contributed by atoms with E-state index < -0.39 is 16.8 Å². The minimum absolute atomic E-state index is 0. The summed E-state index contributed by atoms with van der Waals surface area (Å²) in [6.07, 6.45) is 5.01. The maximum atomic E-state index is 8.57. The van der Waals surface area contributed by atoms with Crippen molar-refractivity contribution in [3.63, 3.8) is 0 Å². The fraction of sp³-hybridized carbons (Fsp3) is 0.818. The molecule has 0 radical (unpaired) electrons. The molecule has 0 aromatic heterocycles. The van der Waals surface area contributed by atoms with E-state index in [-0.39, 0.29) is 64.9 Å². The van der Waals surface area contributed by atoms with Gasteiger partial charge in [-0.2, -0.15) is 0 Å². The summed E-state index contributed by atoms with van der Waals surface area (Å²) in [7, 11) is 0. The summed E-state index contributed by atoms with van der Waals surface area (Å²) in [6.45, 7) is 9.32. The van der Waals surface area contributed by atoms with Crippen LogP contribution in [0.5, 0.6) is 0 Å². The lowest BCUT2D eigenvalue weighted by atomic mass is 10.1. The molecule has 6 nitrogen and oxygen atoms in total. The average Bonchev–Trinajstić information content (AvgIpc) is 2.37. The van der Waals surface area contributed by atoms with Gasteiger partial charge < -0.3 is 29.5 Å². The second kappa shape index (κ2) is 23.9. The number of aliphatic hydroxyl groups is 3. The van der Waals surface area contributed by atoms with Crippen molar-refractivity contribution in [3.05, 3.63) is 0 Å². The summed E-state index contributed by atoms with van der Waals surface area (Å²) >= 11 is 0. The van der Waals surface area contributed by atoms with E-state index in [1.165, 1.54) is 0 Å². The van der Waals surface area contributed by atoms with Crippen molar-refractivity contribution in [2.24, 2.45) is 0 Å². The Kier molecular flexibility index (Phi) is 43.1. The number of terminal acetylenes is 1. The van der Waals surface area contributed by atoms with Gasteiger partial charge in [0.05, 0.1) is 0 Å². The van der Waals surface area contributed by atoms with E-state index in [2.05, 4.69) is 17.8 Å². The summed E-state index contributed by atoms with van der Waals surface area (Å²) in [5, 5.41) is 25.4. The minimum Gasteiger partial charge on any atom is -0.371 e. The molecule has 0 aromatic rings. The molecule has 0 aromatic carbocycles. The second-order valence-electron chi connectivity index (χ2n) is 5.75. The molecule has 6 heteroatoms. The van der Waals surface area contributed by atoms with Gasteiger partial charge in [0.2, 0.25) is 0 Å². The predicted octanol–water partition coefficient (Wildman–Crippen LogP) is 4.66. The molecule has 0 saturated carbocycles. The third-order valence-corrected chi connectivity index (χ3v) is 2.29. The fourth-order valence-corrected chi connectivity index (χ4v) is 0.899. The Morgan fingerprint density at radius 1 is 0.571 bits per heavy atom. The van der Waals surface area contributed by atoms with Crippen LogP contribution in [0.1, 0.15) is 86.1 Å². The number of hydrogen-bond acceptors (Lipinski definition) is 6. The van der Waals surface area contributed by atoms with E-state index in [0.717, 1.165) is 0 Å². The summed E-state index contributed by atoms with van der Waals surface area (Å²) in [5.74, 6) is 7.99. The van der Waals surface area contributed by atoms with Crippen molar-refractivity contribution in [2.75, 3.05) is 20.4 Å². The lowest BCUT2D eigenvalue weighted by Crippen LogP contribution is -2.27. The largest absolute Gasteiger partial charge is 0.371 e. The highest BCUT2D eigenvalue weighted by Crippen LogP contribution is 2.10. The highest BCUT2D eigenvalue weighted by Gasteiger charge is 2.18. The van der Waals surface area contributed by atoms with Crippen LogP contribution in [0, 0.1) is 24.2 Å². The van der Waals surface area contributed by atoms with E-state index in [9.17, 15) is 0 Å². The molecule has 0 rings (SSSR count). The first-order valence-electron chi connectivity index (χ1n) is 6.72. The van der Waals surface area contributed by atoms with Gasteiger partial charge in [-0.25, -0.2) is 0 Å². The maximum absolute atomic E-state index is 8.57. The molecular weight excluding hydrogens is 360 g/mol. The lowest BCUT2D eigenvalue weighted by Gasteiger charge is -2.20. The van der Waals surface area contributed by atoms with Gasteiger partial charge in [-0.05, 0) is 41.5 Å². The second-order valence-corrected chi connectivity index (χ2v) is 5.75. The topological polar surface area (TPSA) is 88.4 Å². The first kappa shape index (κ1) is 50.5. The molecule has 0 atom stereocenters. The van der Waals surface area contributed by atoms with Crippen LogP contribution in [0.3, 0.4) is 0 Å². The normalized spacial score (nSPS) is 9.14. The molecule has 0 aliphatic rings. The third-order valence-electron chi connectivity index (χ3n) is 2.29. The standard InChI is InChI=1S/C10H18O4.C6H10O2.6CH4/c1-9(2,13-7-11)5-6-10(3,4)14-8-12;1-4-6(2,3)8-5-7;;;;;;/h11-12H,7-8H2,1-4H3;1,7H,5H2,2-3H3;6*1H4. The smallest absolute Gasteiger partial charge is 0.145 e. The first-order chi connectivity index (χ1) is 9.95. The van der Waals surface area contributed by atoms with Gasteiger partial charge in [0.15, 0.2) is 0 Å². The Balaban J connectivity index is -0.0000000426. The van der Waals surface area contributed by atoms with Gasteiger partial charge >= 0.3 is 0 Å². The third kappa shape index (κ3) is 32.5. The Hall–Kier alpha value is -1.12. The van der Waals surface area contributed by atoms with E-state index in [0.29, 0.717) is 0 Å². The molecule has 0 bridgehead atoms. The molecule has 176 valence electrons. The van der Waals surface area contributed by atoms with Gasteiger partial charge in [-0.15, -0.1) is 6.42 Å². The van der Waals surface area contributed by atoms with Crippen LogP contribution in [-0.2, 0) is 14.2 Å². The molecule has 0 amide bonds. The van der Waals surface area contributed by atoms with Crippen LogP contribution in [-0.4, -0.2) is 52.5 Å². The predicted molar refractivity (Wildman–Crippen MR) is 124 cm³/mol. The molecule has 0 heterocycles. The molecule has 28 heavy (non-hydrogen) atoms. The number of rotatable bonds is 6. The Morgan fingerprint density at radius 3 is 0.929 bits per heavy atom. The van der Waals surface area contributed by atoms with Crippen molar-refractivity contribution in [2.45, 2.75) is 103 Å². The maximum Gasteiger partial charge on any atom is 0.145 e. The molecule has 0 spiro atoms. The van der Waals surface area contributed by atoms with Crippen molar-refractivity contribution < 1.29 is 29.5 Å². The highest BCUT2D eigenvalue weighted by molar-refractivity contribution is 5.18. The lowest BCUT2D eigenvalue weighted by molar-refractivity contribution is -0.0740. The SMILES string of the molecule is C.C.C.C.C.C.C#CC(C)(C)OCO.CC(C)(C#CC(C)(C)OCO)OCO. The Morgan fingerprint density at radius 2 is 0.786 bits per heavy atom. The van der Waals surface area contributed by atoms with Gasteiger partial charge in [0, 0.05) is 0 Å². The van der Waals surface area contributed by atoms with Gasteiger partial charge in [-0.3, -0.25) is 0 Å². The zero-order valence-corrected chi connectivity index (χ0v) is 14.3. The van der Waals surface area contributed by atoms with Gasteiger partial charge in [0.25, 0.3) is 0 Å². The molecule has 0 aliphatic carbocycles. The zero-order valence-electron chi connectivity index (χ0n) is 14.3. The Bertz CT molecular complexity index is 375. The summed E-state index contributed by atoms with van der Waals surface area (Å²) in [4.78, 5) is 0. The van der Waals surface area contributed by atoms with E-state index in [1.54, 1.807) is 41.5 Å². The highest BCUT2D eigenvalue weighted by atomic mass is 16.6. The average molecular weight is 413 g/mol. The van der Waals surface area contributed by atoms with E-state index in [1.807, 2.05) is 0 Å². The molecular formula is C22H52O6. The minimum atomic E-state index is -0.717.